The zero-order valence-electron chi connectivity index (χ0n) is 11.7. The molecule has 0 aromatic carbocycles. The smallest absolute Gasteiger partial charge is 0.287 e. The highest BCUT2D eigenvalue weighted by Gasteiger charge is 2.18. The number of nitrogens with zero attached hydrogens (tertiary/aromatic N) is 2. The van der Waals surface area contributed by atoms with Crippen LogP contribution in [0.25, 0.3) is 0 Å². The van der Waals surface area contributed by atoms with Gasteiger partial charge in [-0.3, -0.25) is 4.79 Å². The maximum atomic E-state index is 12.0. The third-order valence-electron chi connectivity index (χ3n) is 2.88. The van der Waals surface area contributed by atoms with E-state index in [1.807, 2.05) is 13.8 Å². The molecule has 102 valence electrons. The van der Waals surface area contributed by atoms with E-state index in [4.69, 9.17) is 11.6 Å². The summed E-state index contributed by atoms with van der Waals surface area (Å²) in [5.74, 6) is 0.358. The Labute approximate surface area is 113 Å². The Kier molecular flexibility index (Phi) is 4.79. The fourth-order valence-electron chi connectivity index (χ4n) is 1.48. The summed E-state index contributed by atoms with van der Waals surface area (Å²) in [5.41, 5.74) is 0.262. The van der Waals surface area contributed by atoms with Crippen LogP contribution in [0.3, 0.4) is 0 Å². The van der Waals surface area contributed by atoms with Gasteiger partial charge in [-0.15, -0.1) is 0 Å². The van der Waals surface area contributed by atoms with Crippen LogP contribution in [0.4, 0.5) is 5.69 Å². The molecule has 0 fully saturated rings. The largest absolute Gasteiger partial charge is 0.378 e. The topological polar surface area (TPSA) is 46.9 Å². The molecule has 1 rings (SSSR count). The first-order valence-electron chi connectivity index (χ1n) is 6.30. The van der Waals surface area contributed by atoms with Gasteiger partial charge in [-0.05, 0) is 26.2 Å². The van der Waals surface area contributed by atoms with Gasteiger partial charge in [-0.2, -0.15) is 5.10 Å². The van der Waals surface area contributed by atoms with Crippen LogP contribution in [0.5, 0.6) is 0 Å². The molecule has 0 aliphatic rings. The van der Waals surface area contributed by atoms with Crippen molar-refractivity contribution in [2.24, 2.45) is 5.92 Å². The second kappa shape index (κ2) is 5.74. The van der Waals surface area contributed by atoms with Crippen LogP contribution in [0.2, 0.25) is 5.02 Å². The first-order chi connectivity index (χ1) is 8.26. The lowest BCUT2D eigenvalue weighted by Crippen LogP contribution is -2.32. The lowest BCUT2D eigenvalue weighted by Gasteiger charge is -2.26. The number of hydrogen-bond acceptors (Lipinski definition) is 3. The summed E-state index contributed by atoms with van der Waals surface area (Å²) in [4.78, 5) is 12.0. The molecule has 0 aliphatic carbocycles. The molecule has 5 heteroatoms. The van der Waals surface area contributed by atoms with E-state index < -0.39 is 0 Å². The van der Waals surface area contributed by atoms with Gasteiger partial charge < -0.3 is 5.32 Å². The maximum Gasteiger partial charge on any atom is 0.287 e. The van der Waals surface area contributed by atoms with Crippen molar-refractivity contribution in [2.75, 3.05) is 5.32 Å². The van der Waals surface area contributed by atoms with Gasteiger partial charge in [0, 0.05) is 12.1 Å². The number of hydrogen-bond donors (Lipinski definition) is 1. The van der Waals surface area contributed by atoms with Crippen LogP contribution in [-0.4, -0.2) is 15.3 Å². The van der Waals surface area contributed by atoms with E-state index >= 15 is 0 Å². The average molecular weight is 272 g/mol. The molecule has 0 saturated heterocycles. The molecule has 1 N–H and O–H groups in total. The Hall–Kier alpha value is -1.03. The van der Waals surface area contributed by atoms with Crippen molar-refractivity contribution >= 4 is 17.3 Å². The Morgan fingerprint density at radius 1 is 1.50 bits per heavy atom. The molecule has 0 bridgehead atoms. The molecular weight excluding hydrogens is 250 g/mol. The average Bonchev–Trinajstić information content (AvgIpc) is 2.28. The van der Waals surface area contributed by atoms with Gasteiger partial charge in [-0.1, -0.05) is 32.4 Å². The highest BCUT2D eigenvalue weighted by Crippen LogP contribution is 2.22. The molecule has 1 aromatic heterocycles. The molecule has 1 aromatic rings. The van der Waals surface area contributed by atoms with Crippen molar-refractivity contribution in [1.29, 1.82) is 0 Å². The van der Waals surface area contributed by atoms with E-state index in [-0.39, 0.29) is 16.1 Å². The second-order valence-electron chi connectivity index (χ2n) is 5.62. The van der Waals surface area contributed by atoms with Crippen molar-refractivity contribution in [2.45, 2.75) is 53.1 Å². The molecule has 0 radical (unpaired) electrons. The summed E-state index contributed by atoms with van der Waals surface area (Å²) >= 11 is 6.11. The SMILES string of the molecule is CCC(C)(C)Nc1cnn(CC(C)C)c(=O)c1Cl. The van der Waals surface area contributed by atoms with Gasteiger partial charge in [0.25, 0.3) is 5.56 Å². The monoisotopic (exact) mass is 271 g/mol. The van der Waals surface area contributed by atoms with Crippen LogP contribution >= 0.6 is 11.6 Å². The van der Waals surface area contributed by atoms with E-state index in [0.29, 0.717) is 18.2 Å². The number of anilines is 1. The molecule has 0 aliphatic heterocycles. The van der Waals surface area contributed by atoms with Crippen LogP contribution in [0.1, 0.15) is 41.0 Å². The van der Waals surface area contributed by atoms with Gasteiger partial charge in [0.2, 0.25) is 0 Å². The third-order valence-corrected chi connectivity index (χ3v) is 3.25. The first-order valence-corrected chi connectivity index (χ1v) is 6.68. The van der Waals surface area contributed by atoms with Gasteiger partial charge >= 0.3 is 0 Å². The normalized spacial score (nSPS) is 11.9. The van der Waals surface area contributed by atoms with Crippen molar-refractivity contribution in [3.05, 3.63) is 21.6 Å². The van der Waals surface area contributed by atoms with Gasteiger partial charge in [0.1, 0.15) is 5.02 Å². The van der Waals surface area contributed by atoms with Crippen LogP contribution in [0.15, 0.2) is 11.0 Å². The van der Waals surface area contributed by atoms with Crippen molar-refractivity contribution in [3.63, 3.8) is 0 Å². The lowest BCUT2D eigenvalue weighted by molar-refractivity contribution is 0.463. The summed E-state index contributed by atoms with van der Waals surface area (Å²) in [6.45, 7) is 10.8. The van der Waals surface area contributed by atoms with E-state index in [2.05, 4.69) is 31.2 Å². The lowest BCUT2D eigenvalue weighted by atomic mass is 10.0. The zero-order chi connectivity index (χ0) is 13.9. The van der Waals surface area contributed by atoms with E-state index in [9.17, 15) is 4.79 Å². The van der Waals surface area contributed by atoms with Gasteiger partial charge in [0.15, 0.2) is 0 Å². The number of rotatable bonds is 5. The minimum Gasteiger partial charge on any atom is -0.378 e. The molecule has 0 unspecified atom stereocenters. The third kappa shape index (κ3) is 3.73. The van der Waals surface area contributed by atoms with Gasteiger partial charge in [0.05, 0.1) is 11.9 Å². The van der Waals surface area contributed by atoms with Crippen molar-refractivity contribution in [3.8, 4) is 0 Å². The molecule has 0 amide bonds. The maximum absolute atomic E-state index is 12.0. The molecule has 4 nitrogen and oxygen atoms in total. The summed E-state index contributed by atoms with van der Waals surface area (Å²) in [5, 5.41) is 7.62. The fourth-order valence-corrected chi connectivity index (χ4v) is 1.67. The number of nitrogens with one attached hydrogen (secondary N) is 1. The van der Waals surface area contributed by atoms with E-state index in [1.54, 1.807) is 6.20 Å². The minimum atomic E-state index is -0.234. The van der Waals surface area contributed by atoms with E-state index in [0.717, 1.165) is 6.42 Å². The molecular formula is C13H22ClN3O. The van der Waals surface area contributed by atoms with Crippen LogP contribution < -0.4 is 10.9 Å². The quantitative estimate of drug-likeness (QED) is 0.895. The second-order valence-corrected chi connectivity index (χ2v) is 5.99. The predicted octanol–water partition coefficient (Wildman–Crippen LogP) is 3.15. The van der Waals surface area contributed by atoms with Gasteiger partial charge in [-0.25, -0.2) is 4.68 Å². The Morgan fingerprint density at radius 2 is 2.11 bits per heavy atom. The molecule has 0 atom stereocenters. The number of aromatic nitrogens is 2. The molecule has 0 spiro atoms. The summed E-state index contributed by atoms with van der Waals surface area (Å²) in [6.07, 6.45) is 2.56. The van der Waals surface area contributed by atoms with Crippen molar-refractivity contribution < 1.29 is 0 Å². The zero-order valence-corrected chi connectivity index (χ0v) is 12.5. The Morgan fingerprint density at radius 3 is 2.61 bits per heavy atom. The summed E-state index contributed by atoms with van der Waals surface area (Å²) in [7, 11) is 0. The Bertz CT molecular complexity index is 466. The summed E-state index contributed by atoms with van der Waals surface area (Å²) < 4.78 is 1.41. The first kappa shape index (κ1) is 15.0. The standard InChI is InChI=1S/C13H22ClN3O/c1-6-13(4,5)16-10-7-15-17(8-9(2)3)12(18)11(10)14/h7,9,16H,6,8H2,1-5H3. The van der Waals surface area contributed by atoms with Crippen molar-refractivity contribution in [1.82, 2.24) is 9.78 Å². The number of halogens is 1. The van der Waals surface area contributed by atoms with Crippen LogP contribution in [-0.2, 0) is 6.54 Å². The molecule has 18 heavy (non-hydrogen) atoms. The molecule has 0 saturated carbocycles. The highest BCUT2D eigenvalue weighted by atomic mass is 35.5. The summed E-state index contributed by atoms with van der Waals surface area (Å²) in [6, 6.07) is 0. The fraction of sp³-hybridized carbons (Fsp3) is 0.692. The van der Waals surface area contributed by atoms with Crippen LogP contribution in [0, 0.1) is 5.92 Å². The predicted molar refractivity (Wildman–Crippen MR) is 76.3 cm³/mol. The minimum absolute atomic E-state index is 0.109. The van der Waals surface area contributed by atoms with E-state index in [1.165, 1.54) is 4.68 Å². The highest BCUT2D eigenvalue weighted by molar-refractivity contribution is 6.32. The molecule has 1 heterocycles. The Balaban J connectivity index is 3.05.